The molecule has 7 nitrogen and oxygen atoms in total. The molecule has 0 unspecified atom stereocenters. The Morgan fingerprint density at radius 2 is 1.86 bits per heavy atom. The van der Waals surface area contributed by atoms with Gasteiger partial charge in [-0.05, 0) is 45.1 Å². The molecule has 1 spiro atoms. The average molecular weight is 390 g/mol. The van der Waals surface area contributed by atoms with Crippen LogP contribution >= 0.6 is 0 Å². The summed E-state index contributed by atoms with van der Waals surface area (Å²) in [7, 11) is 0. The lowest BCUT2D eigenvalue weighted by atomic mass is 9.75. The van der Waals surface area contributed by atoms with Crippen LogP contribution in [0.15, 0.2) is 30.3 Å². The number of amides is 2. The van der Waals surface area contributed by atoms with E-state index in [4.69, 9.17) is 9.47 Å². The summed E-state index contributed by atoms with van der Waals surface area (Å²) in [6.07, 6.45) is 0.639. The van der Waals surface area contributed by atoms with Gasteiger partial charge < -0.3 is 19.5 Å². The van der Waals surface area contributed by atoms with E-state index in [-0.39, 0.29) is 31.3 Å². The summed E-state index contributed by atoms with van der Waals surface area (Å²) in [5.74, 6) is 0.124. The van der Waals surface area contributed by atoms with Crippen molar-refractivity contribution in [2.45, 2.75) is 51.4 Å². The molecule has 1 aromatic rings. The van der Waals surface area contributed by atoms with Gasteiger partial charge in [0, 0.05) is 26.2 Å². The predicted molar refractivity (Wildman–Crippen MR) is 104 cm³/mol. The maximum atomic E-state index is 12.8. The molecule has 1 N–H and O–H groups in total. The van der Waals surface area contributed by atoms with Gasteiger partial charge in [0.15, 0.2) is 0 Å². The highest BCUT2D eigenvalue weighted by atomic mass is 16.6. The first-order chi connectivity index (χ1) is 13.2. The molecule has 7 heteroatoms. The summed E-state index contributed by atoms with van der Waals surface area (Å²) in [6, 6.07) is 9.55. The molecule has 28 heavy (non-hydrogen) atoms. The molecule has 0 aromatic heterocycles. The van der Waals surface area contributed by atoms with Crippen molar-refractivity contribution in [3.63, 3.8) is 0 Å². The monoisotopic (exact) mass is 390 g/mol. The number of ether oxygens (including phenoxy) is 2. The van der Waals surface area contributed by atoms with Crippen LogP contribution < -0.4 is 0 Å². The molecular weight excluding hydrogens is 360 g/mol. The molecule has 1 aromatic carbocycles. The first-order valence-electron chi connectivity index (χ1n) is 9.79. The molecule has 0 radical (unpaired) electrons. The molecule has 1 atom stereocenters. The Bertz CT molecular complexity index is 694. The average Bonchev–Trinajstić information content (AvgIpc) is 2.63. The Labute approximate surface area is 166 Å². The van der Waals surface area contributed by atoms with Crippen molar-refractivity contribution in [2.75, 3.05) is 26.2 Å². The second-order valence-electron chi connectivity index (χ2n) is 8.79. The van der Waals surface area contributed by atoms with Crippen molar-refractivity contribution in [3.05, 3.63) is 35.9 Å². The van der Waals surface area contributed by atoms with Gasteiger partial charge in [-0.2, -0.15) is 0 Å². The summed E-state index contributed by atoms with van der Waals surface area (Å²) < 4.78 is 11.0. The highest BCUT2D eigenvalue weighted by Crippen LogP contribution is 2.40. The van der Waals surface area contributed by atoms with Crippen LogP contribution in [0.25, 0.3) is 0 Å². The molecule has 154 valence electrons. The molecule has 0 saturated carbocycles. The van der Waals surface area contributed by atoms with Crippen molar-refractivity contribution in [2.24, 2.45) is 5.92 Å². The number of hydrogen-bond acceptors (Lipinski definition) is 5. The number of rotatable bonds is 3. The minimum atomic E-state index is -0.561. The number of carbonyl (C=O) groups is 2. The highest BCUT2D eigenvalue weighted by molar-refractivity contribution is 5.73. The summed E-state index contributed by atoms with van der Waals surface area (Å²) in [6.45, 7) is 7.10. The van der Waals surface area contributed by atoms with E-state index in [0.717, 1.165) is 12.0 Å². The number of piperidine rings is 1. The maximum Gasteiger partial charge on any atom is 0.410 e. The summed E-state index contributed by atoms with van der Waals surface area (Å²) >= 11 is 0. The van der Waals surface area contributed by atoms with Crippen LogP contribution in [0.3, 0.4) is 0 Å². The van der Waals surface area contributed by atoms with Crippen LogP contribution in [-0.4, -0.2) is 64.5 Å². The first kappa shape index (κ1) is 20.5. The minimum Gasteiger partial charge on any atom is -0.445 e. The van der Waals surface area contributed by atoms with Gasteiger partial charge >= 0.3 is 12.2 Å². The lowest BCUT2D eigenvalue weighted by Gasteiger charge is -2.58. The Balaban J connectivity index is 1.64. The molecule has 2 aliphatic heterocycles. The number of aliphatic hydroxyl groups excluding tert-OH is 1. The second-order valence-corrected chi connectivity index (χ2v) is 8.79. The largest absolute Gasteiger partial charge is 0.445 e. The van der Waals surface area contributed by atoms with E-state index in [1.54, 1.807) is 9.80 Å². The molecule has 3 rings (SSSR count). The van der Waals surface area contributed by atoms with Crippen LogP contribution in [0.2, 0.25) is 0 Å². The molecular formula is C21H30N2O5. The SMILES string of the molecule is CC(C)(C)OC(=O)N1CC2(C[C@@H](CO)CCN2C(=O)OCc2ccccc2)C1. The lowest BCUT2D eigenvalue weighted by molar-refractivity contribution is -0.0903. The zero-order valence-electron chi connectivity index (χ0n) is 16.9. The number of aliphatic hydroxyl groups is 1. The third kappa shape index (κ3) is 4.58. The van der Waals surface area contributed by atoms with Gasteiger partial charge in [0.05, 0.1) is 5.54 Å². The van der Waals surface area contributed by atoms with Gasteiger partial charge in [0.25, 0.3) is 0 Å². The van der Waals surface area contributed by atoms with Gasteiger partial charge in [-0.1, -0.05) is 30.3 Å². The molecule has 2 fully saturated rings. The van der Waals surface area contributed by atoms with E-state index in [1.165, 1.54) is 0 Å². The minimum absolute atomic E-state index is 0.0844. The number of benzene rings is 1. The van der Waals surface area contributed by atoms with Crippen molar-refractivity contribution >= 4 is 12.2 Å². The Kier molecular flexibility index (Phi) is 5.84. The van der Waals surface area contributed by atoms with E-state index in [1.807, 2.05) is 51.1 Å². The van der Waals surface area contributed by atoms with Crippen LogP contribution in [0.5, 0.6) is 0 Å². The molecule has 0 bridgehead atoms. The van der Waals surface area contributed by atoms with Gasteiger partial charge in [0.1, 0.15) is 12.2 Å². The predicted octanol–water partition coefficient (Wildman–Crippen LogP) is 3.02. The van der Waals surface area contributed by atoms with Crippen molar-refractivity contribution in [1.29, 1.82) is 0 Å². The van der Waals surface area contributed by atoms with E-state index in [9.17, 15) is 14.7 Å². The Morgan fingerprint density at radius 1 is 1.18 bits per heavy atom. The fourth-order valence-electron chi connectivity index (χ4n) is 3.96. The normalized spacial score (nSPS) is 21.2. The Hall–Kier alpha value is -2.28. The molecule has 2 amide bonds. The number of likely N-dealkylation sites (tertiary alicyclic amines) is 2. The number of carbonyl (C=O) groups excluding carboxylic acids is 2. The summed E-state index contributed by atoms with van der Waals surface area (Å²) in [5.41, 5.74) is -0.121. The fourth-order valence-corrected chi connectivity index (χ4v) is 3.96. The van der Waals surface area contributed by atoms with Gasteiger partial charge in [-0.25, -0.2) is 9.59 Å². The third-order valence-corrected chi connectivity index (χ3v) is 5.31. The number of nitrogens with zero attached hydrogens (tertiary/aromatic N) is 2. The van der Waals surface area contributed by atoms with E-state index in [0.29, 0.717) is 26.1 Å². The highest BCUT2D eigenvalue weighted by Gasteiger charge is 2.55. The van der Waals surface area contributed by atoms with Crippen molar-refractivity contribution in [1.82, 2.24) is 9.80 Å². The zero-order chi connectivity index (χ0) is 20.4. The smallest absolute Gasteiger partial charge is 0.410 e. The lowest BCUT2D eigenvalue weighted by Crippen LogP contribution is -2.74. The standard InChI is InChI=1S/C21H30N2O5/c1-20(2,3)28-18(25)22-14-21(15-22)11-17(12-24)9-10-23(21)19(26)27-13-16-7-5-4-6-8-16/h4-8,17,24H,9-15H2,1-3H3/t17-/m0/s1. The summed E-state index contributed by atoms with van der Waals surface area (Å²) in [5, 5.41) is 9.61. The second kappa shape index (κ2) is 7.99. The van der Waals surface area contributed by atoms with Crippen LogP contribution in [0.1, 0.15) is 39.2 Å². The quantitative estimate of drug-likeness (QED) is 0.858. The molecule has 2 heterocycles. The maximum absolute atomic E-state index is 12.8. The molecule has 0 aliphatic carbocycles. The van der Waals surface area contributed by atoms with E-state index < -0.39 is 11.1 Å². The Morgan fingerprint density at radius 3 is 2.46 bits per heavy atom. The van der Waals surface area contributed by atoms with Gasteiger partial charge in [-0.3, -0.25) is 4.90 Å². The summed E-state index contributed by atoms with van der Waals surface area (Å²) in [4.78, 5) is 28.5. The van der Waals surface area contributed by atoms with Crippen LogP contribution in [0, 0.1) is 5.92 Å². The third-order valence-electron chi connectivity index (χ3n) is 5.31. The van der Waals surface area contributed by atoms with Crippen molar-refractivity contribution in [3.8, 4) is 0 Å². The molecule has 2 saturated heterocycles. The molecule has 2 aliphatic rings. The van der Waals surface area contributed by atoms with Crippen molar-refractivity contribution < 1.29 is 24.2 Å². The van der Waals surface area contributed by atoms with E-state index >= 15 is 0 Å². The van der Waals surface area contributed by atoms with Crippen LogP contribution in [-0.2, 0) is 16.1 Å². The number of hydrogen-bond donors (Lipinski definition) is 1. The zero-order valence-corrected chi connectivity index (χ0v) is 16.9. The van der Waals surface area contributed by atoms with E-state index in [2.05, 4.69) is 0 Å². The van der Waals surface area contributed by atoms with Gasteiger partial charge in [0.2, 0.25) is 0 Å². The van der Waals surface area contributed by atoms with Gasteiger partial charge in [-0.15, -0.1) is 0 Å². The topological polar surface area (TPSA) is 79.3 Å². The fraction of sp³-hybridized carbons (Fsp3) is 0.619. The van der Waals surface area contributed by atoms with Crippen LogP contribution in [0.4, 0.5) is 9.59 Å². The first-order valence-corrected chi connectivity index (χ1v) is 9.79.